The molecule has 1 N–H and O–H groups in total. The summed E-state index contributed by atoms with van der Waals surface area (Å²) in [5.41, 5.74) is 2.74. The van der Waals surface area contributed by atoms with Gasteiger partial charge in [-0.2, -0.15) is 0 Å². The SMILES string of the molecule is COCCOCCCNCc1ccc(C(C)C)cc1. The second-order valence-corrected chi connectivity index (χ2v) is 5.03. The summed E-state index contributed by atoms with van der Waals surface area (Å²) in [6, 6.07) is 8.85. The lowest BCUT2D eigenvalue weighted by Gasteiger charge is -2.08. The van der Waals surface area contributed by atoms with Crippen LogP contribution in [-0.4, -0.2) is 33.5 Å². The van der Waals surface area contributed by atoms with Gasteiger partial charge in [-0.15, -0.1) is 0 Å². The molecule has 0 fully saturated rings. The van der Waals surface area contributed by atoms with E-state index in [-0.39, 0.29) is 0 Å². The van der Waals surface area contributed by atoms with Gasteiger partial charge in [0.1, 0.15) is 0 Å². The van der Waals surface area contributed by atoms with Crippen LogP contribution in [0.2, 0.25) is 0 Å². The minimum absolute atomic E-state index is 0.603. The van der Waals surface area contributed by atoms with Crippen LogP contribution in [-0.2, 0) is 16.0 Å². The first-order chi connectivity index (χ1) is 9.24. The number of hydrogen-bond acceptors (Lipinski definition) is 3. The molecule has 3 nitrogen and oxygen atoms in total. The Balaban J connectivity index is 2.06. The highest BCUT2D eigenvalue weighted by Crippen LogP contribution is 2.14. The lowest BCUT2D eigenvalue weighted by atomic mass is 10.0. The van der Waals surface area contributed by atoms with Crippen LogP contribution in [0.25, 0.3) is 0 Å². The molecule has 3 heteroatoms. The molecule has 19 heavy (non-hydrogen) atoms. The van der Waals surface area contributed by atoms with E-state index >= 15 is 0 Å². The minimum atomic E-state index is 0.603. The first-order valence-electron chi connectivity index (χ1n) is 7.10. The maximum Gasteiger partial charge on any atom is 0.0700 e. The summed E-state index contributed by atoms with van der Waals surface area (Å²) in [4.78, 5) is 0. The normalized spacial score (nSPS) is 11.2. The van der Waals surface area contributed by atoms with E-state index in [1.54, 1.807) is 7.11 Å². The highest BCUT2D eigenvalue weighted by molar-refractivity contribution is 5.24. The van der Waals surface area contributed by atoms with Crippen molar-refractivity contribution in [2.24, 2.45) is 0 Å². The van der Waals surface area contributed by atoms with Gasteiger partial charge in [0.15, 0.2) is 0 Å². The van der Waals surface area contributed by atoms with Crippen LogP contribution in [0.3, 0.4) is 0 Å². The molecule has 0 saturated carbocycles. The van der Waals surface area contributed by atoms with Crippen molar-refractivity contribution in [2.45, 2.75) is 32.7 Å². The summed E-state index contributed by atoms with van der Waals surface area (Å²) in [5.74, 6) is 0.603. The van der Waals surface area contributed by atoms with Gasteiger partial charge in [-0.25, -0.2) is 0 Å². The Morgan fingerprint density at radius 3 is 2.42 bits per heavy atom. The van der Waals surface area contributed by atoms with E-state index in [2.05, 4.69) is 43.4 Å². The molecule has 0 heterocycles. The van der Waals surface area contributed by atoms with Gasteiger partial charge in [0.2, 0.25) is 0 Å². The molecule has 1 rings (SSSR count). The zero-order valence-electron chi connectivity index (χ0n) is 12.4. The number of rotatable bonds is 10. The predicted molar refractivity (Wildman–Crippen MR) is 79.5 cm³/mol. The molecule has 1 aromatic rings. The van der Waals surface area contributed by atoms with Gasteiger partial charge in [-0.05, 0) is 30.0 Å². The van der Waals surface area contributed by atoms with Crippen molar-refractivity contribution in [2.75, 3.05) is 33.5 Å². The van der Waals surface area contributed by atoms with E-state index in [0.29, 0.717) is 19.1 Å². The van der Waals surface area contributed by atoms with Crippen LogP contribution in [0.15, 0.2) is 24.3 Å². The van der Waals surface area contributed by atoms with Gasteiger partial charge < -0.3 is 14.8 Å². The molecule has 0 aromatic heterocycles. The molecule has 0 atom stereocenters. The monoisotopic (exact) mass is 265 g/mol. The number of hydrogen-bond donors (Lipinski definition) is 1. The zero-order valence-corrected chi connectivity index (χ0v) is 12.4. The molecular formula is C16H27NO2. The van der Waals surface area contributed by atoms with Gasteiger partial charge in [-0.1, -0.05) is 38.1 Å². The van der Waals surface area contributed by atoms with Crippen molar-refractivity contribution in [1.29, 1.82) is 0 Å². The predicted octanol–water partition coefficient (Wildman–Crippen LogP) is 2.95. The van der Waals surface area contributed by atoms with E-state index in [1.807, 2.05) is 0 Å². The van der Waals surface area contributed by atoms with Gasteiger partial charge in [0.25, 0.3) is 0 Å². The number of benzene rings is 1. The van der Waals surface area contributed by atoms with Crippen molar-refractivity contribution in [3.8, 4) is 0 Å². The van der Waals surface area contributed by atoms with Crippen molar-refractivity contribution < 1.29 is 9.47 Å². The first-order valence-corrected chi connectivity index (χ1v) is 7.10. The second-order valence-electron chi connectivity index (χ2n) is 5.03. The molecule has 0 radical (unpaired) electrons. The van der Waals surface area contributed by atoms with E-state index in [0.717, 1.165) is 26.1 Å². The molecule has 0 aliphatic heterocycles. The third-order valence-corrected chi connectivity index (χ3v) is 3.05. The van der Waals surface area contributed by atoms with Crippen LogP contribution in [0.4, 0.5) is 0 Å². The molecule has 1 aromatic carbocycles. The Morgan fingerprint density at radius 1 is 1.05 bits per heavy atom. The molecular weight excluding hydrogens is 238 g/mol. The summed E-state index contributed by atoms with van der Waals surface area (Å²) in [7, 11) is 1.69. The first kappa shape index (κ1) is 16.2. The topological polar surface area (TPSA) is 30.5 Å². The van der Waals surface area contributed by atoms with Gasteiger partial charge in [-0.3, -0.25) is 0 Å². The minimum Gasteiger partial charge on any atom is -0.382 e. The van der Waals surface area contributed by atoms with Crippen LogP contribution in [0, 0.1) is 0 Å². The number of nitrogens with one attached hydrogen (secondary N) is 1. The summed E-state index contributed by atoms with van der Waals surface area (Å²) in [6.07, 6.45) is 1.04. The lowest BCUT2D eigenvalue weighted by molar-refractivity contribution is 0.0695. The van der Waals surface area contributed by atoms with Gasteiger partial charge >= 0.3 is 0 Å². The van der Waals surface area contributed by atoms with Crippen molar-refractivity contribution in [3.63, 3.8) is 0 Å². The third-order valence-electron chi connectivity index (χ3n) is 3.05. The van der Waals surface area contributed by atoms with Gasteiger partial charge in [0, 0.05) is 20.3 Å². The van der Waals surface area contributed by atoms with Crippen molar-refractivity contribution >= 4 is 0 Å². The van der Waals surface area contributed by atoms with Crippen LogP contribution in [0.5, 0.6) is 0 Å². The third kappa shape index (κ3) is 7.31. The van der Waals surface area contributed by atoms with E-state index in [9.17, 15) is 0 Å². The fourth-order valence-electron chi connectivity index (χ4n) is 1.80. The highest BCUT2D eigenvalue weighted by atomic mass is 16.5. The Hall–Kier alpha value is -0.900. The van der Waals surface area contributed by atoms with E-state index in [1.165, 1.54) is 11.1 Å². The smallest absolute Gasteiger partial charge is 0.0700 e. The Morgan fingerprint density at radius 2 is 1.79 bits per heavy atom. The highest BCUT2D eigenvalue weighted by Gasteiger charge is 1.98. The van der Waals surface area contributed by atoms with Crippen LogP contribution >= 0.6 is 0 Å². The summed E-state index contributed by atoms with van der Waals surface area (Å²) >= 11 is 0. The van der Waals surface area contributed by atoms with Crippen molar-refractivity contribution in [3.05, 3.63) is 35.4 Å². The maximum atomic E-state index is 5.40. The fourth-order valence-corrected chi connectivity index (χ4v) is 1.80. The molecule has 0 aliphatic rings. The Kier molecular flexibility index (Phi) is 8.47. The lowest BCUT2D eigenvalue weighted by Crippen LogP contribution is -2.16. The molecule has 0 saturated heterocycles. The van der Waals surface area contributed by atoms with Crippen molar-refractivity contribution in [1.82, 2.24) is 5.32 Å². The molecule has 0 amide bonds. The van der Waals surface area contributed by atoms with E-state index in [4.69, 9.17) is 9.47 Å². The summed E-state index contributed by atoms with van der Waals surface area (Å²) in [6.45, 7) is 8.51. The maximum absolute atomic E-state index is 5.40. The van der Waals surface area contributed by atoms with Crippen LogP contribution in [0.1, 0.15) is 37.3 Å². The Labute approximate surface area is 117 Å². The summed E-state index contributed by atoms with van der Waals surface area (Å²) in [5, 5.41) is 3.43. The fraction of sp³-hybridized carbons (Fsp3) is 0.625. The quantitative estimate of drug-likeness (QED) is 0.660. The average molecular weight is 265 g/mol. The molecule has 0 spiro atoms. The zero-order chi connectivity index (χ0) is 13.9. The average Bonchev–Trinajstić information content (AvgIpc) is 2.42. The standard InChI is InChI=1S/C16H27NO2/c1-14(2)16-7-5-15(6-8-16)13-17-9-4-10-19-12-11-18-3/h5-8,14,17H,4,9-13H2,1-3H3. The molecule has 0 unspecified atom stereocenters. The molecule has 108 valence electrons. The number of methoxy groups -OCH3 is 1. The number of ether oxygens (including phenoxy) is 2. The summed E-state index contributed by atoms with van der Waals surface area (Å²) < 4.78 is 10.3. The second kappa shape index (κ2) is 9.96. The molecule has 0 aliphatic carbocycles. The Bertz CT molecular complexity index is 322. The van der Waals surface area contributed by atoms with Gasteiger partial charge in [0.05, 0.1) is 13.2 Å². The molecule has 0 bridgehead atoms. The largest absolute Gasteiger partial charge is 0.382 e. The van der Waals surface area contributed by atoms with Crippen LogP contribution < -0.4 is 5.32 Å². The van der Waals surface area contributed by atoms with E-state index < -0.39 is 0 Å².